The lowest BCUT2D eigenvalue weighted by atomic mass is 9.78. The molecule has 2 aromatic rings. The van der Waals surface area contributed by atoms with Gasteiger partial charge in [-0.15, -0.1) is 0 Å². The molecule has 0 fully saturated rings. The second-order valence-electron chi connectivity index (χ2n) is 8.25. The summed E-state index contributed by atoms with van der Waals surface area (Å²) in [6, 6.07) is 10.6. The van der Waals surface area contributed by atoms with E-state index in [1.165, 1.54) is 11.1 Å². The summed E-state index contributed by atoms with van der Waals surface area (Å²) >= 11 is 0. The van der Waals surface area contributed by atoms with Gasteiger partial charge in [0.2, 0.25) is 0 Å². The summed E-state index contributed by atoms with van der Waals surface area (Å²) in [6.45, 7) is 12.6. The van der Waals surface area contributed by atoms with E-state index in [1.807, 2.05) is 13.0 Å². The molecule has 1 atom stereocenters. The normalized spacial score (nSPS) is 17.1. The first-order valence-corrected chi connectivity index (χ1v) is 9.40. The Morgan fingerprint density at radius 1 is 1.19 bits per heavy atom. The van der Waals surface area contributed by atoms with E-state index in [1.54, 1.807) is 0 Å². The summed E-state index contributed by atoms with van der Waals surface area (Å²) < 4.78 is 0. The van der Waals surface area contributed by atoms with Crippen molar-refractivity contribution < 1.29 is 5.11 Å². The lowest BCUT2D eigenvalue weighted by molar-refractivity contribution is 0.281. The highest BCUT2D eigenvalue weighted by atomic mass is 16.3. The highest BCUT2D eigenvalue weighted by Crippen LogP contribution is 2.35. The van der Waals surface area contributed by atoms with E-state index in [0.717, 1.165) is 30.5 Å². The van der Waals surface area contributed by atoms with Crippen molar-refractivity contribution in [3.05, 3.63) is 47.3 Å². The van der Waals surface area contributed by atoms with Crippen LogP contribution >= 0.6 is 0 Å². The molecule has 0 saturated carbocycles. The number of aliphatic hydroxyl groups excluding tert-OH is 1. The van der Waals surface area contributed by atoms with Gasteiger partial charge in [-0.25, -0.2) is 9.97 Å². The smallest absolute Gasteiger partial charge is 0.135 e. The molecule has 0 unspecified atom stereocenters. The Hall–Kier alpha value is -2.14. The van der Waals surface area contributed by atoms with Crippen molar-refractivity contribution in [3.8, 4) is 0 Å². The molecule has 0 radical (unpaired) electrons. The Balaban J connectivity index is 1.98. The van der Waals surface area contributed by atoms with E-state index >= 15 is 0 Å². The van der Waals surface area contributed by atoms with Crippen molar-refractivity contribution in [1.82, 2.24) is 9.97 Å². The molecule has 0 saturated heterocycles. The minimum Gasteiger partial charge on any atom is -0.394 e. The molecule has 5 heteroatoms. The van der Waals surface area contributed by atoms with E-state index in [2.05, 4.69) is 67.2 Å². The van der Waals surface area contributed by atoms with Gasteiger partial charge in [-0.1, -0.05) is 52.0 Å². The number of aliphatic hydroxyl groups is 1. The van der Waals surface area contributed by atoms with Crippen LogP contribution in [0.1, 0.15) is 57.5 Å². The van der Waals surface area contributed by atoms with Crippen LogP contribution in [0.4, 0.5) is 11.6 Å². The second-order valence-corrected chi connectivity index (χ2v) is 8.25. The molecular weight excluding hydrogens is 324 g/mol. The lowest BCUT2D eigenvalue weighted by Gasteiger charge is -2.40. The fraction of sp³-hybridized carbons (Fsp3) is 0.524. The zero-order valence-corrected chi connectivity index (χ0v) is 16.5. The number of anilines is 2. The van der Waals surface area contributed by atoms with Crippen molar-refractivity contribution in [1.29, 1.82) is 0 Å². The first-order chi connectivity index (χ1) is 12.3. The molecule has 2 N–H and O–H groups in total. The second kappa shape index (κ2) is 7.23. The fourth-order valence-electron chi connectivity index (χ4n) is 3.55. The van der Waals surface area contributed by atoms with Gasteiger partial charge in [-0.05, 0) is 18.1 Å². The van der Waals surface area contributed by atoms with Crippen LogP contribution in [0.25, 0.3) is 0 Å². The highest BCUT2D eigenvalue weighted by molar-refractivity contribution is 5.53. The number of benzene rings is 1. The van der Waals surface area contributed by atoms with Crippen LogP contribution in [-0.2, 0) is 12.0 Å². The van der Waals surface area contributed by atoms with Crippen molar-refractivity contribution in [2.45, 2.75) is 58.5 Å². The molecule has 0 bridgehead atoms. The fourth-order valence-corrected chi connectivity index (χ4v) is 3.55. The van der Waals surface area contributed by atoms with Crippen LogP contribution < -0.4 is 10.2 Å². The minimum absolute atomic E-state index is 0.0451. The third-order valence-corrected chi connectivity index (χ3v) is 4.93. The Labute approximate surface area is 156 Å². The number of rotatable bonds is 5. The van der Waals surface area contributed by atoms with Crippen LogP contribution in [0.2, 0.25) is 0 Å². The first kappa shape index (κ1) is 18.6. The van der Waals surface area contributed by atoms with Gasteiger partial charge < -0.3 is 15.3 Å². The molecule has 5 nitrogen and oxygen atoms in total. The largest absolute Gasteiger partial charge is 0.394 e. The van der Waals surface area contributed by atoms with Crippen molar-refractivity contribution in [3.63, 3.8) is 0 Å². The van der Waals surface area contributed by atoms with E-state index in [9.17, 15) is 5.11 Å². The SMILES string of the molecule is CC(C)c1nc(N[C@@H](C)CO)cc(N2Cc3ccccc3C(C)(C)C2)n1. The minimum atomic E-state index is -0.0451. The van der Waals surface area contributed by atoms with E-state index < -0.39 is 0 Å². The Morgan fingerprint density at radius 2 is 1.92 bits per heavy atom. The topological polar surface area (TPSA) is 61.3 Å². The molecule has 0 aliphatic carbocycles. The third-order valence-electron chi connectivity index (χ3n) is 4.93. The first-order valence-electron chi connectivity index (χ1n) is 9.40. The molecule has 3 rings (SSSR count). The Kier molecular flexibility index (Phi) is 5.19. The average Bonchev–Trinajstić information content (AvgIpc) is 2.60. The zero-order chi connectivity index (χ0) is 18.9. The van der Waals surface area contributed by atoms with Crippen LogP contribution in [0.15, 0.2) is 30.3 Å². The van der Waals surface area contributed by atoms with Gasteiger partial charge in [0, 0.05) is 36.5 Å². The van der Waals surface area contributed by atoms with Crippen LogP contribution in [0, 0.1) is 0 Å². The van der Waals surface area contributed by atoms with E-state index in [0.29, 0.717) is 0 Å². The van der Waals surface area contributed by atoms with Gasteiger partial charge in [0.1, 0.15) is 17.5 Å². The number of nitrogens with zero attached hydrogens (tertiary/aromatic N) is 3. The number of hydrogen-bond donors (Lipinski definition) is 2. The third kappa shape index (κ3) is 3.83. The summed E-state index contributed by atoms with van der Waals surface area (Å²) in [6.07, 6.45) is 0. The monoisotopic (exact) mass is 354 g/mol. The summed E-state index contributed by atoms with van der Waals surface area (Å²) in [4.78, 5) is 11.8. The van der Waals surface area contributed by atoms with Crippen LogP contribution in [0.5, 0.6) is 0 Å². The molecular formula is C21H30N4O. The average molecular weight is 354 g/mol. The molecule has 1 aliphatic rings. The maximum Gasteiger partial charge on any atom is 0.135 e. The molecule has 0 amide bonds. The van der Waals surface area contributed by atoms with Gasteiger partial charge in [-0.3, -0.25) is 0 Å². The van der Waals surface area contributed by atoms with Crippen molar-refractivity contribution >= 4 is 11.6 Å². The predicted octanol–water partition coefficient (Wildman–Crippen LogP) is 3.69. The molecule has 1 aliphatic heterocycles. The highest BCUT2D eigenvalue weighted by Gasteiger charge is 2.32. The molecule has 1 aromatic heterocycles. The zero-order valence-electron chi connectivity index (χ0n) is 16.5. The number of aromatic nitrogens is 2. The van der Waals surface area contributed by atoms with Gasteiger partial charge >= 0.3 is 0 Å². The molecule has 26 heavy (non-hydrogen) atoms. The standard InChI is InChI=1S/C21H30N4O/c1-14(2)20-23-18(22-15(3)12-26)10-19(24-20)25-11-16-8-6-7-9-17(16)21(4,5)13-25/h6-10,14-15,26H,11-13H2,1-5H3,(H,22,23,24)/t15-/m0/s1. The van der Waals surface area contributed by atoms with E-state index in [4.69, 9.17) is 4.98 Å². The maximum absolute atomic E-state index is 9.35. The molecule has 1 aromatic carbocycles. The summed E-state index contributed by atoms with van der Waals surface area (Å²) in [7, 11) is 0. The number of hydrogen-bond acceptors (Lipinski definition) is 5. The van der Waals surface area contributed by atoms with Crippen LogP contribution in [-0.4, -0.2) is 34.3 Å². The number of fused-ring (bicyclic) bond motifs is 1. The summed E-state index contributed by atoms with van der Waals surface area (Å²) in [5, 5.41) is 12.6. The van der Waals surface area contributed by atoms with Crippen molar-refractivity contribution in [2.75, 3.05) is 23.4 Å². The quantitative estimate of drug-likeness (QED) is 0.857. The van der Waals surface area contributed by atoms with Crippen molar-refractivity contribution in [2.24, 2.45) is 0 Å². The molecule has 140 valence electrons. The van der Waals surface area contributed by atoms with E-state index in [-0.39, 0.29) is 24.0 Å². The van der Waals surface area contributed by atoms with Crippen LogP contribution in [0.3, 0.4) is 0 Å². The molecule has 2 heterocycles. The van der Waals surface area contributed by atoms with Gasteiger partial charge in [0.15, 0.2) is 0 Å². The number of nitrogens with one attached hydrogen (secondary N) is 1. The predicted molar refractivity (Wildman–Crippen MR) is 107 cm³/mol. The summed E-state index contributed by atoms with van der Waals surface area (Å²) in [5.41, 5.74) is 2.83. The maximum atomic E-state index is 9.35. The Morgan fingerprint density at radius 3 is 2.62 bits per heavy atom. The summed E-state index contributed by atoms with van der Waals surface area (Å²) in [5.74, 6) is 2.78. The lowest BCUT2D eigenvalue weighted by Crippen LogP contribution is -2.42. The van der Waals surface area contributed by atoms with Gasteiger partial charge in [-0.2, -0.15) is 0 Å². The molecule has 0 spiro atoms. The van der Waals surface area contributed by atoms with Gasteiger partial charge in [0.25, 0.3) is 0 Å². The van der Waals surface area contributed by atoms with Gasteiger partial charge in [0.05, 0.1) is 6.61 Å². The Bertz CT molecular complexity index is 772.